The number of rotatable bonds is 5. The van der Waals surface area contributed by atoms with Gasteiger partial charge in [0.25, 0.3) is 10.2 Å². The Morgan fingerprint density at radius 2 is 1.76 bits per heavy atom. The summed E-state index contributed by atoms with van der Waals surface area (Å²) in [4.78, 5) is 4.58. The molecule has 6 nitrogen and oxygen atoms in total. The normalized spacial score (nSPS) is 14.8. The van der Waals surface area contributed by atoms with Crippen molar-refractivity contribution < 1.29 is 8.42 Å². The molecule has 0 bridgehead atoms. The third kappa shape index (κ3) is 13.1. The summed E-state index contributed by atoms with van der Waals surface area (Å²) in [6.45, 7) is 4.55. The topological polar surface area (TPSA) is 92.7 Å². The molecular formula is C10H24N4O2S. The van der Waals surface area contributed by atoms with Gasteiger partial charge in [0.2, 0.25) is 0 Å². The van der Waals surface area contributed by atoms with E-state index in [9.17, 15) is 8.42 Å². The lowest BCUT2D eigenvalue weighted by molar-refractivity contribution is 0.291. The Labute approximate surface area is 104 Å². The summed E-state index contributed by atoms with van der Waals surface area (Å²) in [6.07, 6.45) is 9.76. The molecule has 0 aromatic carbocycles. The second kappa shape index (κ2) is 8.32. The van der Waals surface area contributed by atoms with Crippen LogP contribution in [0.4, 0.5) is 0 Å². The van der Waals surface area contributed by atoms with Crippen molar-refractivity contribution in [3.05, 3.63) is 12.4 Å². The Balaban J connectivity index is 0.000000437. The first-order valence-corrected chi connectivity index (χ1v) is 7.37. The molecule has 0 fully saturated rings. The molecule has 1 rings (SSSR count). The van der Waals surface area contributed by atoms with Gasteiger partial charge in [0.1, 0.15) is 0 Å². The summed E-state index contributed by atoms with van der Waals surface area (Å²) >= 11 is 0. The fourth-order valence-electron chi connectivity index (χ4n) is 1.48. The van der Waals surface area contributed by atoms with Crippen LogP contribution < -0.4 is 10.3 Å². The second-order valence-electron chi connectivity index (χ2n) is 4.16. The Morgan fingerprint density at radius 3 is 2.18 bits per heavy atom. The van der Waals surface area contributed by atoms with Gasteiger partial charge in [0.05, 0.1) is 6.67 Å². The molecule has 0 saturated heterocycles. The Kier molecular flexibility index (Phi) is 7.94. The van der Waals surface area contributed by atoms with Crippen LogP contribution in [0.2, 0.25) is 0 Å². The predicted octanol–water partition coefficient (Wildman–Crippen LogP) is 0.391. The van der Waals surface area contributed by atoms with Crippen LogP contribution in [0.5, 0.6) is 0 Å². The van der Waals surface area contributed by atoms with Crippen molar-refractivity contribution >= 4 is 10.2 Å². The molecule has 0 atom stereocenters. The third-order valence-corrected chi connectivity index (χ3v) is 2.24. The van der Waals surface area contributed by atoms with E-state index in [1.165, 1.54) is 32.2 Å². The molecule has 0 aromatic rings. The van der Waals surface area contributed by atoms with Gasteiger partial charge in [-0.3, -0.25) is 0 Å². The van der Waals surface area contributed by atoms with E-state index in [0.717, 1.165) is 6.67 Å². The zero-order chi connectivity index (χ0) is 13.3. The van der Waals surface area contributed by atoms with Crippen LogP contribution in [0, 0.1) is 0 Å². The molecule has 1 aliphatic rings. The first-order chi connectivity index (χ1) is 7.83. The molecule has 1 heterocycles. The predicted molar refractivity (Wildman–Crippen MR) is 69.9 cm³/mol. The highest BCUT2D eigenvalue weighted by molar-refractivity contribution is 7.86. The maximum Gasteiger partial charge on any atom is 0.271 e. The molecule has 0 saturated carbocycles. The van der Waals surface area contributed by atoms with Crippen LogP contribution in [-0.4, -0.2) is 38.5 Å². The summed E-state index contributed by atoms with van der Waals surface area (Å²) in [5.74, 6) is 0. The van der Waals surface area contributed by atoms with E-state index >= 15 is 0 Å². The van der Waals surface area contributed by atoms with E-state index in [2.05, 4.69) is 46.4 Å². The molecule has 0 amide bonds. The molecule has 1 aliphatic heterocycles. The fraction of sp³-hybridized carbons (Fsp3) is 0.800. The molecule has 0 radical (unpaired) electrons. The zero-order valence-corrected chi connectivity index (χ0v) is 11.5. The lowest BCUT2D eigenvalue weighted by atomic mass is 10.2. The van der Waals surface area contributed by atoms with E-state index in [0.29, 0.717) is 0 Å². The second-order valence-corrected chi connectivity index (χ2v) is 5.34. The first-order valence-electron chi connectivity index (χ1n) is 5.76. The monoisotopic (exact) mass is 264 g/mol. The first kappa shape index (κ1) is 16.2. The van der Waals surface area contributed by atoms with Crippen LogP contribution in [0.1, 0.15) is 32.6 Å². The minimum Gasteiger partial charge on any atom is -0.362 e. The highest BCUT2D eigenvalue weighted by Gasteiger charge is 2.06. The molecule has 4 N–H and O–H groups in total. The van der Waals surface area contributed by atoms with Crippen LogP contribution in [-0.2, 0) is 10.2 Å². The summed E-state index contributed by atoms with van der Waals surface area (Å²) in [5.41, 5.74) is 0. The van der Waals surface area contributed by atoms with Crippen molar-refractivity contribution in [1.82, 2.24) is 9.80 Å². The molecule has 0 spiro atoms. The quantitative estimate of drug-likeness (QED) is 0.703. The van der Waals surface area contributed by atoms with E-state index in [-0.39, 0.29) is 0 Å². The van der Waals surface area contributed by atoms with Crippen molar-refractivity contribution in [3.8, 4) is 0 Å². The molecule has 7 heteroatoms. The van der Waals surface area contributed by atoms with Gasteiger partial charge in [-0.15, -0.1) is 0 Å². The molecule has 0 aliphatic carbocycles. The maximum absolute atomic E-state index is 9.19. The van der Waals surface area contributed by atoms with Crippen LogP contribution in [0.15, 0.2) is 12.4 Å². The lowest BCUT2D eigenvalue weighted by Crippen LogP contribution is -2.23. The average molecular weight is 264 g/mol. The highest BCUT2D eigenvalue weighted by atomic mass is 32.2. The summed E-state index contributed by atoms with van der Waals surface area (Å²) in [7, 11) is -1.55. The zero-order valence-electron chi connectivity index (χ0n) is 10.7. The van der Waals surface area contributed by atoms with E-state index in [4.69, 9.17) is 0 Å². The smallest absolute Gasteiger partial charge is 0.271 e. The summed E-state index contributed by atoms with van der Waals surface area (Å²) in [5, 5.41) is 8.21. The average Bonchev–Trinajstić information content (AvgIpc) is 2.56. The summed E-state index contributed by atoms with van der Waals surface area (Å²) < 4.78 is 18.4. The Hall–Kier alpha value is -0.790. The standard InChI is InChI=1S/C10H20N2.H4N2O2S/c1-3-4-5-6-7-12-9-8-11(2)10-12;1-5(2,3)4/h8-9H,3-7,10H2,1-2H3;(H4,1,2,3,4). The van der Waals surface area contributed by atoms with Crippen molar-refractivity contribution in [2.45, 2.75) is 32.6 Å². The number of nitrogens with two attached hydrogens (primary N) is 2. The lowest BCUT2D eigenvalue weighted by Gasteiger charge is -2.17. The number of hydrogen-bond donors (Lipinski definition) is 2. The van der Waals surface area contributed by atoms with Crippen molar-refractivity contribution in [2.75, 3.05) is 20.3 Å². The van der Waals surface area contributed by atoms with Gasteiger partial charge in [0, 0.05) is 26.0 Å². The largest absolute Gasteiger partial charge is 0.362 e. The number of nitrogens with zero attached hydrogens (tertiary/aromatic N) is 2. The van der Waals surface area contributed by atoms with Gasteiger partial charge in [-0.2, -0.15) is 8.42 Å². The molecule has 102 valence electrons. The van der Waals surface area contributed by atoms with Gasteiger partial charge < -0.3 is 9.80 Å². The van der Waals surface area contributed by atoms with Crippen molar-refractivity contribution in [3.63, 3.8) is 0 Å². The molecule has 17 heavy (non-hydrogen) atoms. The molecule has 0 unspecified atom stereocenters. The minimum atomic E-state index is -3.67. The number of hydrogen-bond acceptors (Lipinski definition) is 4. The van der Waals surface area contributed by atoms with Crippen LogP contribution in [0.3, 0.4) is 0 Å². The van der Waals surface area contributed by atoms with E-state index in [1.807, 2.05) is 0 Å². The molecular weight excluding hydrogens is 240 g/mol. The van der Waals surface area contributed by atoms with E-state index < -0.39 is 10.2 Å². The van der Waals surface area contributed by atoms with Crippen molar-refractivity contribution in [1.29, 1.82) is 0 Å². The van der Waals surface area contributed by atoms with Gasteiger partial charge in [-0.05, 0) is 6.42 Å². The third-order valence-electron chi connectivity index (χ3n) is 2.24. The highest BCUT2D eigenvalue weighted by Crippen LogP contribution is 2.06. The minimum absolute atomic E-state index is 1.08. The van der Waals surface area contributed by atoms with Gasteiger partial charge >= 0.3 is 0 Å². The fourth-order valence-corrected chi connectivity index (χ4v) is 1.48. The van der Waals surface area contributed by atoms with Gasteiger partial charge in [0.15, 0.2) is 0 Å². The van der Waals surface area contributed by atoms with Crippen molar-refractivity contribution in [2.24, 2.45) is 10.3 Å². The van der Waals surface area contributed by atoms with E-state index in [1.54, 1.807) is 0 Å². The van der Waals surface area contributed by atoms with Crippen LogP contribution in [0.25, 0.3) is 0 Å². The van der Waals surface area contributed by atoms with Gasteiger partial charge in [-0.25, -0.2) is 10.3 Å². The van der Waals surface area contributed by atoms with Gasteiger partial charge in [-0.1, -0.05) is 26.2 Å². The summed E-state index contributed by atoms with van der Waals surface area (Å²) in [6, 6.07) is 0. The SMILES string of the molecule is CCCCCCN1C=CN(C)C1.NS(N)(=O)=O. The Morgan fingerprint density at radius 1 is 1.18 bits per heavy atom. The molecule has 0 aromatic heterocycles. The maximum atomic E-state index is 9.19. The van der Waals surface area contributed by atoms with Crippen LogP contribution >= 0.6 is 0 Å². The number of unbranched alkanes of at least 4 members (excludes halogenated alkanes) is 3. The Bertz CT molecular complexity index is 308.